The first-order valence-electron chi connectivity index (χ1n) is 11.1. The zero-order chi connectivity index (χ0) is 23.6. The standard InChI is InChI=1S/C24H30N4O4S/c1-3-4-13-28-23(29)21(22(33(28,31)32)17-8-6-5-7-9-17)26-20-11-10-19-16-27(24(30)25-2)14-12-18(19)15-20/h5-11,15,26,31-32H,3-4,12-14,16H2,1-2H3,(H,25,30). The molecule has 0 atom stereocenters. The number of urea groups is 1. The van der Waals surface area contributed by atoms with Gasteiger partial charge in [-0.15, -0.1) is 0 Å². The van der Waals surface area contributed by atoms with E-state index in [1.54, 1.807) is 24.1 Å². The van der Waals surface area contributed by atoms with Gasteiger partial charge in [0.1, 0.15) is 10.6 Å². The van der Waals surface area contributed by atoms with Gasteiger partial charge in [0.2, 0.25) is 0 Å². The summed E-state index contributed by atoms with van der Waals surface area (Å²) in [5, 5.41) is 5.85. The molecule has 2 aliphatic heterocycles. The van der Waals surface area contributed by atoms with Crippen molar-refractivity contribution in [3.63, 3.8) is 0 Å². The summed E-state index contributed by atoms with van der Waals surface area (Å²) >= 11 is 0. The van der Waals surface area contributed by atoms with E-state index in [4.69, 9.17) is 0 Å². The number of carbonyl (C=O) groups is 2. The van der Waals surface area contributed by atoms with E-state index in [0.29, 0.717) is 37.2 Å². The van der Waals surface area contributed by atoms with Crippen LogP contribution < -0.4 is 10.6 Å². The van der Waals surface area contributed by atoms with Crippen LogP contribution in [-0.2, 0) is 17.8 Å². The molecule has 0 spiro atoms. The van der Waals surface area contributed by atoms with Crippen LogP contribution in [0.1, 0.15) is 36.5 Å². The number of rotatable bonds is 6. The van der Waals surface area contributed by atoms with Gasteiger partial charge in [0.25, 0.3) is 5.91 Å². The molecule has 3 amide bonds. The Kier molecular flexibility index (Phi) is 6.64. The maximum Gasteiger partial charge on any atom is 0.317 e. The Labute approximate surface area is 195 Å². The van der Waals surface area contributed by atoms with Gasteiger partial charge in [0, 0.05) is 37.9 Å². The molecule has 2 aromatic rings. The highest BCUT2D eigenvalue weighted by atomic mass is 32.3. The van der Waals surface area contributed by atoms with Crippen molar-refractivity contribution >= 4 is 33.3 Å². The van der Waals surface area contributed by atoms with Crippen LogP contribution in [0.25, 0.3) is 4.91 Å². The molecule has 0 saturated carbocycles. The van der Waals surface area contributed by atoms with E-state index in [1.807, 2.05) is 43.3 Å². The van der Waals surface area contributed by atoms with Crippen molar-refractivity contribution in [1.82, 2.24) is 14.5 Å². The van der Waals surface area contributed by atoms with E-state index >= 15 is 0 Å². The van der Waals surface area contributed by atoms with Gasteiger partial charge in [-0.05, 0) is 36.1 Å². The van der Waals surface area contributed by atoms with E-state index in [2.05, 4.69) is 10.6 Å². The first-order valence-corrected chi connectivity index (χ1v) is 12.6. The lowest BCUT2D eigenvalue weighted by Gasteiger charge is -2.38. The second kappa shape index (κ2) is 9.46. The molecule has 0 radical (unpaired) electrons. The van der Waals surface area contributed by atoms with Crippen LogP contribution in [0.3, 0.4) is 0 Å². The SMILES string of the molecule is CCCCN1C(=O)C(Nc2ccc3c(c2)CCN(C(=O)NC)C3)=C(c2ccccc2)S1(O)O. The topological polar surface area (TPSA) is 105 Å². The van der Waals surface area contributed by atoms with Crippen LogP contribution in [0.4, 0.5) is 10.5 Å². The summed E-state index contributed by atoms with van der Waals surface area (Å²) in [6.07, 6.45) is 2.22. The summed E-state index contributed by atoms with van der Waals surface area (Å²) in [5.41, 5.74) is 3.65. The Morgan fingerprint density at radius 1 is 1.12 bits per heavy atom. The van der Waals surface area contributed by atoms with Crippen molar-refractivity contribution < 1.29 is 18.7 Å². The Morgan fingerprint density at radius 2 is 1.88 bits per heavy atom. The zero-order valence-corrected chi connectivity index (χ0v) is 19.7. The fourth-order valence-electron chi connectivity index (χ4n) is 4.22. The zero-order valence-electron chi connectivity index (χ0n) is 18.9. The van der Waals surface area contributed by atoms with Crippen LogP contribution in [-0.4, -0.2) is 50.4 Å². The minimum absolute atomic E-state index is 0.102. The normalized spacial score (nSPS) is 18.2. The lowest BCUT2D eigenvalue weighted by Crippen LogP contribution is -2.41. The first-order chi connectivity index (χ1) is 15.9. The van der Waals surface area contributed by atoms with Gasteiger partial charge in [0.15, 0.2) is 0 Å². The lowest BCUT2D eigenvalue weighted by atomic mass is 9.99. The van der Waals surface area contributed by atoms with Crippen molar-refractivity contribution in [2.75, 3.05) is 25.5 Å². The Morgan fingerprint density at radius 3 is 2.58 bits per heavy atom. The summed E-state index contributed by atoms with van der Waals surface area (Å²) in [7, 11) is -1.84. The minimum atomic E-state index is -3.46. The Balaban J connectivity index is 1.67. The molecule has 0 unspecified atom stereocenters. The predicted molar refractivity (Wildman–Crippen MR) is 131 cm³/mol. The minimum Gasteiger partial charge on any atom is -0.349 e. The molecule has 0 aromatic heterocycles. The van der Waals surface area contributed by atoms with Gasteiger partial charge in [-0.2, -0.15) is 0 Å². The van der Waals surface area contributed by atoms with Crippen LogP contribution in [0.5, 0.6) is 0 Å². The second-order valence-corrected chi connectivity index (χ2v) is 10.1. The number of fused-ring (bicyclic) bond motifs is 1. The summed E-state index contributed by atoms with van der Waals surface area (Å²) in [4.78, 5) is 27.3. The molecule has 0 saturated heterocycles. The smallest absolute Gasteiger partial charge is 0.317 e. The highest BCUT2D eigenvalue weighted by Gasteiger charge is 2.44. The number of benzene rings is 2. The Hall–Kier alpha value is -3.01. The number of unbranched alkanes of at least 4 members (excludes halogenated alkanes) is 1. The number of hydrogen-bond acceptors (Lipinski definition) is 5. The fraction of sp³-hybridized carbons (Fsp3) is 0.333. The van der Waals surface area contributed by atoms with Gasteiger partial charge in [0.05, 0.1) is 0 Å². The number of nitrogens with zero attached hydrogens (tertiary/aromatic N) is 2. The highest BCUT2D eigenvalue weighted by molar-refractivity contribution is 8.31. The molecule has 0 bridgehead atoms. The third-order valence-electron chi connectivity index (χ3n) is 5.99. The third-order valence-corrected chi connectivity index (χ3v) is 7.94. The van der Waals surface area contributed by atoms with Crippen molar-refractivity contribution in [1.29, 1.82) is 0 Å². The van der Waals surface area contributed by atoms with Crippen molar-refractivity contribution in [2.24, 2.45) is 0 Å². The summed E-state index contributed by atoms with van der Waals surface area (Å²) in [5.74, 6) is -0.411. The summed E-state index contributed by atoms with van der Waals surface area (Å²) in [6.45, 7) is 3.41. The van der Waals surface area contributed by atoms with E-state index < -0.39 is 16.7 Å². The third kappa shape index (κ3) is 4.44. The van der Waals surface area contributed by atoms with Crippen molar-refractivity contribution in [3.05, 3.63) is 70.9 Å². The van der Waals surface area contributed by atoms with E-state index in [1.165, 1.54) is 4.31 Å². The molecule has 176 valence electrons. The molecular weight excluding hydrogens is 440 g/mol. The summed E-state index contributed by atoms with van der Waals surface area (Å²) < 4.78 is 23.4. The van der Waals surface area contributed by atoms with E-state index in [9.17, 15) is 18.7 Å². The molecule has 0 aliphatic carbocycles. The monoisotopic (exact) mass is 470 g/mol. The molecule has 2 aliphatic rings. The molecule has 2 heterocycles. The average Bonchev–Trinajstić information content (AvgIpc) is 3.01. The van der Waals surface area contributed by atoms with E-state index in [-0.39, 0.29) is 23.2 Å². The van der Waals surface area contributed by atoms with Gasteiger partial charge in [-0.3, -0.25) is 13.9 Å². The molecule has 4 rings (SSSR count). The number of carbonyl (C=O) groups excluding carboxylic acids is 2. The maximum absolute atomic E-state index is 13.3. The van der Waals surface area contributed by atoms with Gasteiger partial charge in [-0.25, -0.2) is 9.10 Å². The summed E-state index contributed by atoms with van der Waals surface area (Å²) in [6, 6.07) is 14.7. The molecule has 4 N–H and O–H groups in total. The molecule has 8 nitrogen and oxygen atoms in total. The van der Waals surface area contributed by atoms with Crippen molar-refractivity contribution in [2.45, 2.75) is 32.7 Å². The Bertz CT molecular complexity index is 1090. The molecule has 2 aromatic carbocycles. The maximum atomic E-state index is 13.3. The fourth-order valence-corrected chi connectivity index (χ4v) is 6.01. The number of amides is 3. The quantitative estimate of drug-likeness (QED) is 0.499. The van der Waals surface area contributed by atoms with E-state index in [0.717, 1.165) is 17.5 Å². The van der Waals surface area contributed by atoms with Crippen LogP contribution in [0.15, 0.2) is 54.2 Å². The molecular formula is C24H30N4O4S. The van der Waals surface area contributed by atoms with Gasteiger partial charge >= 0.3 is 6.03 Å². The lowest BCUT2D eigenvalue weighted by molar-refractivity contribution is -0.122. The molecule has 0 fully saturated rings. The number of anilines is 1. The molecule has 9 heteroatoms. The average molecular weight is 471 g/mol. The highest BCUT2D eigenvalue weighted by Crippen LogP contribution is 2.62. The van der Waals surface area contributed by atoms with Gasteiger partial charge < -0.3 is 15.5 Å². The number of hydrogen-bond donors (Lipinski definition) is 4. The number of nitrogens with one attached hydrogen (secondary N) is 2. The van der Waals surface area contributed by atoms with Crippen LogP contribution >= 0.6 is 10.8 Å². The van der Waals surface area contributed by atoms with Crippen LogP contribution in [0, 0.1) is 0 Å². The first kappa shape index (κ1) is 23.2. The van der Waals surface area contributed by atoms with Crippen LogP contribution in [0.2, 0.25) is 0 Å². The largest absolute Gasteiger partial charge is 0.349 e. The molecule has 33 heavy (non-hydrogen) atoms. The second-order valence-electron chi connectivity index (χ2n) is 8.18. The van der Waals surface area contributed by atoms with Crippen molar-refractivity contribution in [3.8, 4) is 0 Å². The van der Waals surface area contributed by atoms with Gasteiger partial charge in [-0.1, -0.05) is 60.5 Å². The predicted octanol–water partition coefficient (Wildman–Crippen LogP) is 4.47.